The molecule has 0 aliphatic carbocycles. The second kappa shape index (κ2) is 4.32. The molecule has 0 bridgehead atoms. The molecule has 0 aliphatic heterocycles. The monoisotopic (exact) mass is 233 g/mol. The Morgan fingerprint density at radius 2 is 2.00 bits per heavy atom. The summed E-state index contributed by atoms with van der Waals surface area (Å²) in [6.45, 7) is 7.14. The number of nitrogens with one attached hydrogen (secondary N) is 1. The van der Waals surface area contributed by atoms with Gasteiger partial charge in [-0.15, -0.1) is 0 Å². The van der Waals surface area contributed by atoms with Gasteiger partial charge in [-0.3, -0.25) is 0 Å². The van der Waals surface area contributed by atoms with Crippen molar-refractivity contribution in [1.29, 1.82) is 0 Å². The lowest BCUT2D eigenvalue weighted by Crippen LogP contribution is -2.19. The Hall–Kier alpha value is -0.540. The average Bonchev–Trinajstić information content (AvgIpc) is 2.05. The lowest BCUT2D eigenvalue weighted by atomic mass is 9.97. The average molecular weight is 234 g/mol. The van der Waals surface area contributed by atoms with E-state index >= 15 is 0 Å². The Balaban J connectivity index is 2.72. The number of hydrogen-bond donors (Lipinski definition) is 1. The SMILES string of the molecule is CC(C)(C)CNc1nc(Cl)ncc1Cl. The van der Waals surface area contributed by atoms with E-state index in [0.717, 1.165) is 6.54 Å². The third-order valence-electron chi connectivity index (χ3n) is 1.50. The molecule has 1 heterocycles. The van der Waals surface area contributed by atoms with Gasteiger partial charge in [0.25, 0.3) is 0 Å². The molecule has 0 aliphatic rings. The maximum absolute atomic E-state index is 5.88. The van der Waals surface area contributed by atoms with Crippen molar-refractivity contribution < 1.29 is 0 Å². The molecule has 14 heavy (non-hydrogen) atoms. The van der Waals surface area contributed by atoms with E-state index in [4.69, 9.17) is 23.2 Å². The molecular formula is C9H13Cl2N3. The second-order valence-corrected chi connectivity index (χ2v) is 5.00. The van der Waals surface area contributed by atoms with Crippen LogP contribution < -0.4 is 5.32 Å². The lowest BCUT2D eigenvalue weighted by molar-refractivity contribution is 0.442. The summed E-state index contributed by atoms with van der Waals surface area (Å²) in [7, 11) is 0. The Morgan fingerprint density at radius 3 is 2.57 bits per heavy atom. The van der Waals surface area contributed by atoms with Crippen LogP contribution in [0.5, 0.6) is 0 Å². The Bertz CT molecular complexity index is 320. The topological polar surface area (TPSA) is 37.8 Å². The first kappa shape index (κ1) is 11.5. The molecule has 0 saturated carbocycles. The van der Waals surface area contributed by atoms with Crippen LogP contribution in [0.4, 0.5) is 5.82 Å². The molecule has 3 nitrogen and oxygen atoms in total. The highest BCUT2D eigenvalue weighted by atomic mass is 35.5. The number of halogens is 2. The molecular weight excluding hydrogens is 221 g/mol. The number of anilines is 1. The predicted molar refractivity (Wildman–Crippen MR) is 60.0 cm³/mol. The normalized spacial score (nSPS) is 11.5. The fourth-order valence-corrected chi connectivity index (χ4v) is 1.11. The molecule has 0 aromatic carbocycles. The molecule has 5 heteroatoms. The minimum absolute atomic E-state index is 0.167. The Morgan fingerprint density at radius 1 is 1.36 bits per heavy atom. The quantitative estimate of drug-likeness (QED) is 0.798. The van der Waals surface area contributed by atoms with Gasteiger partial charge in [-0.2, -0.15) is 4.98 Å². The minimum Gasteiger partial charge on any atom is -0.368 e. The van der Waals surface area contributed by atoms with Crippen LogP contribution in [-0.4, -0.2) is 16.5 Å². The summed E-state index contributed by atoms with van der Waals surface area (Å²) in [5, 5.41) is 3.81. The van der Waals surface area contributed by atoms with Crippen molar-refractivity contribution >= 4 is 29.0 Å². The molecule has 0 radical (unpaired) electrons. The largest absolute Gasteiger partial charge is 0.368 e. The first-order valence-corrected chi connectivity index (χ1v) is 5.06. The van der Waals surface area contributed by atoms with Crippen molar-refractivity contribution in [3.63, 3.8) is 0 Å². The second-order valence-electron chi connectivity index (χ2n) is 4.25. The van der Waals surface area contributed by atoms with Gasteiger partial charge in [-0.05, 0) is 17.0 Å². The van der Waals surface area contributed by atoms with Gasteiger partial charge < -0.3 is 5.32 Å². The van der Waals surface area contributed by atoms with Crippen molar-refractivity contribution in [3.8, 4) is 0 Å². The van der Waals surface area contributed by atoms with Crippen molar-refractivity contribution in [1.82, 2.24) is 9.97 Å². The molecule has 0 atom stereocenters. The molecule has 1 aromatic heterocycles. The van der Waals surface area contributed by atoms with Crippen molar-refractivity contribution in [3.05, 3.63) is 16.5 Å². The summed E-state index contributed by atoms with van der Waals surface area (Å²) in [5.41, 5.74) is 0.167. The maximum atomic E-state index is 5.88. The summed E-state index contributed by atoms with van der Waals surface area (Å²) in [6.07, 6.45) is 1.49. The van der Waals surface area contributed by atoms with E-state index in [1.807, 2.05) is 0 Å². The first-order chi connectivity index (χ1) is 6.38. The van der Waals surface area contributed by atoms with Gasteiger partial charge in [-0.1, -0.05) is 32.4 Å². The molecule has 1 aromatic rings. The van der Waals surface area contributed by atoms with Crippen molar-refractivity contribution in [2.24, 2.45) is 5.41 Å². The molecule has 0 unspecified atom stereocenters. The number of hydrogen-bond acceptors (Lipinski definition) is 3. The third-order valence-corrected chi connectivity index (χ3v) is 1.96. The highest BCUT2D eigenvalue weighted by Gasteiger charge is 2.11. The molecule has 0 spiro atoms. The zero-order valence-electron chi connectivity index (χ0n) is 8.43. The molecule has 78 valence electrons. The lowest BCUT2D eigenvalue weighted by Gasteiger charge is -2.19. The molecule has 1 rings (SSSR count). The fourth-order valence-electron chi connectivity index (χ4n) is 0.818. The van der Waals surface area contributed by atoms with Crippen LogP contribution in [0, 0.1) is 5.41 Å². The van der Waals surface area contributed by atoms with Crippen LogP contribution in [0.2, 0.25) is 10.3 Å². The summed E-state index contributed by atoms with van der Waals surface area (Å²) in [5.74, 6) is 0.585. The summed E-state index contributed by atoms with van der Waals surface area (Å²) in [6, 6.07) is 0. The number of nitrogens with zero attached hydrogens (tertiary/aromatic N) is 2. The highest BCUT2D eigenvalue weighted by Crippen LogP contribution is 2.21. The molecule has 0 fully saturated rings. The smallest absolute Gasteiger partial charge is 0.224 e. The Labute approximate surface area is 93.9 Å². The van der Waals surface area contributed by atoms with E-state index in [2.05, 4.69) is 36.1 Å². The summed E-state index contributed by atoms with van der Waals surface area (Å²) >= 11 is 11.5. The van der Waals surface area contributed by atoms with E-state index in [1.54, 1.807) is 0 Å². The van der Waals surface area contributed by atoms with Crippen LogP contribution in [0.3, 0.4) is 0 Å². The summed E-state index contributed by atoms with van der Waals surface area (Å²) in [4.78, 5) is 7.75. The fraction of sp³-hybridized carbons (Fsp3) is 0.556. The van der Waals surface area contributed by atoms with E-state index in [0.29, 0.717) is 10.8 Å². The third kappa shape index (κ3) is 3.68. The van der Waals surface area contributed by atoms with Crippen LogP contribution in [0.1, 0.15) is 20.8 Å². The van der Waals surface area contributed by atoms with Gasteiger partial charge >= 0.3 is 0 Å². The van der Waals surface area contributed by atoms with Gasteiger partial charge in [0.05, 0.1) is 6.20 Å². The first-order valence-electron chi connectivity index (χ1n) is 4.30. The zero-order chi connectivity index (χ0) is 10.8. The van der Waals surface area contributed by atoms with E-state index in [9.17, 15) is 0 Å². The summed E-state index contributed by atoms with van der Waals surface area (Å²) < 4.78 is 0. The number of aromatic nitrogens is 2. The van der Waals surface area contributed by atoms with E-state index in [1.165, 1.54) is 6.20 Å². The van der Waals surface area contributed by atoms with Crippen LogP contribution in [0.25, 0.3) is 0 Å². The van der Waals surface area contributed by atoms with E-state index < -0.39 is 0 Å². The van der Waals surface area contributed by atoms with Crippen LogP contribution in [0.15, 0.2) is 6.20 Å². The van der Waals surface area contributed by atoms with Crippen LogP contribution >= 0.6 is 23.2 Å². The molecule has 0 amide bonds. The van der Waals surface area contributed by atoms with Crippen molar-refractivity contribution in [2.75, 3.05) is 11.9 Å². The highest BCUT2D eigenvalue weighted by molar-refractivity contribution is 6.33. The number of rotatable bonds is 2. The van der Waals surface area contributed by atoms with Crippen LogP contribution in [-0.2, 0) is 0 Å². The van der Waals surface area contributed by atoms with E-state index in [-0.39, 0.29) is 10.7 Å². The minimum atomic E-state index is 0.167. The molecule has 1 N–H and O–H groups in total. The maximum Gasteiger partial charge on any atom is 0.224 e. The predicted octanol–water partition coefficient (Wildman–Crippen LogP) is 3.24. The zero-order valence-corrected chi connectivity index (χ0v) is 9.95. The van der Waals surface area contributed by atoms with Gasteiger partial charge in [0, 0.05) is 6.54 Å². The van der Waals surface area contributed by atoms with Gasteiger partial charge in [0.1, 0.15) is 10.8 Å². The van der Waals surface area contributed by atoms with Gasteiger partial charge in [-0.25, -0.2) is 4.98 Å². The van der Waals surface area contributed by atoms with Gasteiger partial charge in [0.2, 0.25) is 5.28 Å². The van der Waals surface area contributed by atoms with Gasteiger partial charge in [0.15, 0.2) is 0 Å². The Kier molecular flexibility index (Phi) is 3.56. The standard InChI is InChI=1S/C9H13Cl2N3/c1-9(2,3)5-13-7-6(10)4-12-8(11)14-7/h4H,5H2,1-3H3,(H,12,13,14). The van der Waals surface area contributed by atoms with Crippen molar-refractivity contribution in [2.45, 2.75) is 20.8 Å². The molecule has 0 saturated heterocycles.